The lowest BCUT2D eigenvalue weighted by Crippen LogP contribution is -2.47. The molecule has 1 saturated heterocycles. The Morgan fingerprint density at radius 3 is 2.41 bits per heavy atom. The van der Waals surface area contributed by atoms with Gasteiger partial charge in [0.15, 0.2) is 6.29 Å². The smallest absolute Gasteiger partial charge is 0.158 e. The number of ether oxygens (including phenoxy) is 2. The van der Waals surface area contributed by atoms with Gasteiger partial charge in [0, 0.05) is 39.3 Å². The molecule has 2 unspecified atom stereocenters. The van der Waals surface area contributed by atoms with Crippen LogP contribution in [0.3, 0.4) is 0 Å². The molecule has 102 valence electrons. The maximum Gasteiger partial charge on any atom is 0.158 e. The van der Waals surface area contributed by atoms with Gasteiger partial charge >= 0.3 is 0 Å². The van der Waals surface area contributed by atoms with E-state index in [1.54, 1.807) is 14.2 Å². The second-order valence-electron chi connectivity index (χ2n) is 5.22. The van der Waals surface area contributed by atoms with Crippen LogP contribution in [0.15, 0.2) is 0 Å². The van der Waals surface area contributed by atoms with Gasteiger partial charge < -0.3 is 15.2 Å². The van der Waals surface area contributed by atoms with Crippen LogP contribution in [0.2, 0.25) is 0 Å². The van der Waals surface area contributed by atoms with Gasteiger partial charge in [0.1, 0.15) is 0 Å². The van der Waals surface area contributed by atoms with Gasteiger partial charge in [-0.05, 0) is 25.3 Å². The molecule has 0 bridgehead atoms. The SMILES string of the molecule is COC(CC(CN)N1CCCC1C(C)C)OC. The van der Waals surface area contributed by atoms with Gasteiger partial charge in [-0.1, -0.05) is 13.8 Å². The Labute approximate surface area is 105 Å². The average Bonchev–Trinajstić information content (AvgIpc) is 2.80. The predicted molar refractivity (Wildman–Crippen MR) is 69.8 cm³/mol. The highest BCUT2D eigenvalue weighted by atomic mass is 16.7. The number of hydrogen-bond donors (Lipinski definition) is 1. The molecule has 0 aromatic rings. The third-order valence-corrected chi connectivity index (χ3v) is 3.84. The zero-order valence-corrected chi connectivity index (χ0v) is 11.7. The Morgan fingerprint density at radius 1 is 1.29 bits per heavy atom. The van der Waals surface area contributed by atoms with E-state index in [-0.39, 0.29) is 6.29 Å². The van der Waals surface area contributed by atoms with Crippen molar-refractivity contribution in [2.75, 3.05) is 27.3 Å². The Bertz CT molecular complexity index is 208. The zero-order valence-electron chi connectivity index (χ0n) is 11.7. The molecule has 0 amide bonds. The molecule has 0 radical (unpaired) electrons. The molecule has 4 heteroatoms. The van der Waals surface area contributed by atoms with E-state index >= 15 is 0 Å². The largest absolute Gasteiger partial charge is 0.356 e. The Balaban J connectivity index is 2.59. The van der Waals surface area contributed by atoms with Crippen molar-refractivity contribution >= 4 is 0 Å². The number of hydrogen-bond acceptors (Lipinski definition) is 4. The predicted octanol–water partition coefficient (Wildman–Crippen LogP) is 1.44. The van der Waals surface area contributed by atoms with Gasteiger partial charge in [-0.15, -0.1) is 0 Å². The van der Waals surface area contributed by atoms with Crippen molar-refractivity contribution in [3.8, 4) is 0 Å². The molecule has 1 fully saturated rings. The molecule has 1 rings (SSSR count). The number of rotatable bonds is 7. The minimum atomic E-state index is -0.142. The number of nitrogens with two attached hydrogens (primary N) is 1. The molecule has 0 aromatic carbocycles. The van der Waals surface area contributed by atoms with Crippen molar-refractivity contribution in [1.29, 1.82) is 0 Å². The first-order chi connectivity index (χ1) is 8.13. The summed E-state index contributed by atoms with van der Waals surface area (Å²) in [6, 6.07) is 1.03. The van der Waals surface area contributed by atoms with Crippen molar-refractivity contribution in [3.05, 3.63) is 0 Å². The molecule has 1 aliphatic rings. The van der Waals surface area contributed by atoms with E-state index in [9.17, 15) is 0 Å². The number of likely N-dealkylation sites (tertiary alicyclic amines) is 1. The van der Waals surface area contributed by atoms with Crippen molar-refractivity contribution in [1.82, 2.24) is 4.90 Å². The first-order valence-electron chi connectivity index (χ1n) is 6.65. The minimum Gasteiger partial charge on any atom is -0.356 e. The highest BCUT2D eigenvalue weighted by molar-refractivity contribution is 4.87. The van der Waals surface area contributed by atoms with Crippen LogP contribution in [0.25, 0.3) is 0 Å². The summed E-state index contributed by atoms with van der Waals surface area (Å²) in [5.74, 6) is 0.690. The Morgan fingerprint density at radius 2 is 1.94 bits per heavy atom. The van der Waals surface area contributed by atoms with E-state index < -0.39 is 0 Å². The Kier molecular flexibility index (Phi) is 6.41. The van der Waals surface area contributed by atoms with E-state index in [1.165, 1.54) is 12.8 Å². The fourth-order valence-corrected chi connectivity index (χ4v) is 2.86. The summed E-state index contributed by atoms with van der Waals surface area (Å²) in [7, 11) is 3.37. The van der Waals surface area contributed by atoms with Crippen LogP contribution in [0.1, 0.15) is 33.1 Å². The lowest BCUT2D eigenvalue weighted by molar-refractivity contribution is -0.117. The van der Waals surface area contributed by atoms with Crippen LogP contribution in [0, 0.1) is 5.92 Å². The van der Waals surface area contributed by atoms with Crippen LogP contribution in [0.5, 0.6) is 0 Å². The van der Waals surface area contributed by atoms with E-state index in [1.807, 2.05) is 0 Å². The molecule has 0 aromatic heterocycles. The summed E-state index contributed by atoms with van der Waals surface area (Å²) in [6.45, 7) is 6.42. The molecule has 0 spiro atoms. The van der Waals surface area contributed by atoms with Crippen molar-refractivity contribution in [2.24, 2.45) is 11.7 Å². The topological polar surface area (TPSA) is 47.7 Å². The molecule has 2 atom stereocenters. The normalized spacial score (nSPS) is 23.8. The summed E-state index contributed by atoms with van der Waals surface area (Å²) in [5, 5.41) is 0. The zero-order chi connectivity index (χ0) is 12.8. The van der Waals surface area contributed by atoms with Gasteiger partial charge in [-0.3, -0.25) is 4.90 Å². The van der Waals surface area contributed by atoms with E-state index in [0.29, 0.717) is 24.5 Å². The first kappa shape index (κ1) is 14.9. The third-order valence-electron chi connectivity index (χ3n) is 3.84. The average molecular weight is 244 g/mol. The molecule has 2 N–H and O–H groups in total. The molecular weight excluding hydrogens is 216 g/mol. The summed E-state index contributed by atoms with van der Waals surface area (Å²) < 4.78 is 10.6. The lowest BCUT2D eigenvalue weighted by Gasteiger charge is -2.35. The van der Waals surface area contributed by atoms with Crippen molar-refractivity contribution in [3.63, 3.8) is 0 Å². The fourth-order valence-electron chi connectivity index (χ4n) is 2.86. The van der Waals surface area contributed by atoms with Crippen molar-refractivity contribution in [2.45, 2.75) is 51.5 Å². The molecule has 0 saturated carbocycles. The van der Waals surface area contributed by atoms with Gasteiger partial charge in [0.25, 0.3) is 0 Å². The molecule has 1 heterocycles. The van der Waals surface area contributed by atoms with Crippen molar-refractivity contribution < 1.29 is 9.47 Å². The monoisotopic (exact) mass is 244 g/mol. The maximum absolute atomic E-state index is 5.92. The van der Waals surface area contributed by atoms with Crippen LogP contribution in [0.4, 0.5) is 0 Å². The van der Waals surface area contributed by atoms with E-state index in [4.69, 9.17) is 15.2 Å². The second-order valence-corrected chi connectivity index (χ2v) is 5.22. The molecule has 17 heavy (non-hydrogen) atoms. The quantitative estimate of drug-likeness (QED) is 0.689. The van der Waals surface area contributed by atoms with Gasteiger partial charge in [-0.25, -0.2) is 0 Å². The van der Waals surface area contributed by atoms with Gasteiger partial charge in [0.05, 0.1) is 0 Å². The van der Waals surface area contributed by atoms with E-state index in [2.05, 4.69) is 18.7 Å². The standard InChI is InChI=1S/C13H28N2O2/c1-10(2)12-6-5-7-15(12)11(9-14)8-13(16-3)17-4/h10-13H,5-9,14H2,1-4H3. The highest BCUT2D eigenvalue weighted by Gasteiger charge is 2.32. The first-order valence-corrected chi connectivity index (χ1v) is 6.65. The van der Waals surface area contributed by atoms with E-state index in [0.717, 1.165) is 13.0 Å². The van der Waals surface area contributed by atoms with Crippen LogP contribution in [-0.4, -0.2) is 50.6 Å². The molecule has 1 aliphatic heterocycles. The lowest BCUT2D eigenvalue weighted by atomic mass is 10.00. The maximum atomic E-state index is 5.92. The van der Waals surface area contributed by atoms with Gasteiger partial charge in [0.2, 0.25) is 0 Å². The van der Waals surface area contributed by atoms with Gasteiger partial charge in [-0.2, -0.15) is 0 Å². The Hall–Kier alpha value is -0.160. The van der Waals surface area contributed by atoms with Crippen LogP contribution < -0.4 is 5.73 Å². The summed E-state index contributed by atoms with van der Waals surface area (Å²) in [4.78, 5) is 2.55. The summed E-state index contributed by atoms with van der Waals surface area (Å²) >= 11 is 0. The molecule has 4 nitrogen and oxygen atoms in total. The van der Waals surface area contributed by atoms with Crippen LogP contribution >= 0.6 is 0 Å². The van der Waals surface area contributed by atoms with Crippen LogP contribution in [-0.2, 0) is 9.47 Å². The molecule has 0 aliphatic carbocycles. The minimum absolute atomic E-state index is 0.142. The number of methoxy groups -OCH3 is 2. The summed E-state index contributed by atoms with van der Waals surface area (Å²) in [5.41, 5.74) is 5.92. The molecular formula is C13H28N2O2. The fraction of sp³-hybridized carbons (Fsp3) is 1.00. The second kappa shape index (κ2) is 7.31. The highest BCUT2D eigenvalue weighted by Crippen LogP contribution is 2.27. The number of nitrogens with zero attached hydrogens (tertiary/aromatic N) is 1. The third kappa shape index (κ3) is 3.91. The summed E-state index contributed by atoms with van der Waals surface area (Å²) in [6.07, 6.45) is 3.28.